The van der Waals surface area contributed by atoms with E-state index in [2.05, 4.69) is 68.9 Å². The van der Waals surface area contributed by atoms with E-state index in [1.165, 1.54) is 10.9 Å². The van der Waals surface area contributed by atoms with Gasteiger partial charge in [-0.25, -0.2) is 0 Å². The summed E-state index contributed by atoms with van der Waals surface area (Å²) in [6.45, 7) is 14.1. The van der Waals surface area contributed by atoms with E-state index < -0.39 is 0 Å². The number of nitrogens with zero attached hydrogens (tertiary/aromatic N) is 2. The highest BCUT2D eigenvalue weighted by atomic mass is 15.3. The molecule has 1 aromatic carbocycles. The van der Waals surface area contributed by atoms with Crippen molar-refractivity contribution in [3.63, 3.8) is 0 Å². The van der Waals surface area contributed by atoms with Gasteiger partial charge in [-0.2, -0.15) is 5.10 Å². The van der Waals surface area contributed by atoms with E-state index >= 15 is 0 Å². The second-order valence-electron chi connectivity index (χ2n) is 6.68. The minimum atomic E-state index is 0.345. The fraction of sp³-hybridized carbons (Fsp3) is 0.588. The van der Waals surface area contributed by atoms with Crippen molar-refractivity contribution < 1.29 is 0 Å². The lowest BCUT2D eigenvalue weighted by atomic mass is 9.82. The van der Waals surface area contributed by atoms with Crippen molar-refractivity contribution in [2.24, 2.45) is 11.3 Å². The lowest BCUT2D eigenvalue weighted by Crippen LogP contribution is -2.29. The molecule has 3 heteroatoms. The highest BCUT2D eigenvalue weighted by Gasteiger charge is 2.19. The molecule has 0 saturated carbocycles. The highest BCUT2D eigenvalue weighted by molar-refractivity contribution is 5.81. The molecule has 2 rings (SSSR count). The summed E-state index contributed by atoms with van der Waals surface area (Å²) in [7, 11) is 0. The molecule has 110 valence electrons. The molecule has 3 nitrogen and oxygen atoms in total. The third-order valence-electron chi connectivity index (χ3n) is 4.26. The first kappa shape index (κ1) is 15.0. The molecule has 0 fully saturated rings. The van der Waals surface area contributed by atoms with E-state index in [0.717, 1.165) is 25.3 Å². The Labute approximate surface area is 122 Å². The first-order valence-corrected chi connectivity index (χ1v) is 7.58. The molecule has 0 aliphatic rings. The molecule has 2 aromatic rings. The maximum atomic E-state index is 4.72. The van der Waals surface area contributed by atoms with Gasteiger partial charge in [-0.3, -0.25) is 4.68 Å². The second-order valence-corrected chi connectivity index (χ2v) is 6.68. The molecule has 1 heterocycles. The fourth-order valence-corrected chi connectivity index (χ4v) is 2.28. The smallest absolute Gasteiger partial charge is 0.0841 e. The lowest BCUT2D eigenvalue weighted by molar-refractivity contribution is 0.252. The molecule has 0 saturated heterocycles. The lowest BCUT2D eigenvalue weighted by Gasteiger charge is -2.27. The van der Waals surface area contributed by atoms with Gasteiger partial charge < -0.3 is 5.32 Å². The van der Waals surface area contributed by atoms with Crippen molar-refractivity contribution in [3.8, 4) is 0 Å². The molecule has 0 spiro atoms. The average molecular weight is 273 g/mol. The summed E-state index contributed by atoms with van der Waals surface area (Å²) in [4.78, 5) is 0. The van der Waals surface area contributed by atoms with Crippen LogP contribution in [0.2, 0.25) is 0 Å². The van der Waals surface area contributed by atoms with Crippen molar-refractivity contribution in [3.05, 3.63) is 30.0 Å². The van der Waals surface area contributed by atoms with Crippen molar-refractivity contribution in [2.75, 3.05) is 6.54 Å². The Morgan fingerprint density at radius 2 is 1.95 bits per heavy atom. The van der Waals surface area contributed by atoms with E-state index in [4.69, 9.17) is 5.10 Å². The first-order valence-electron chi connectivity index (χ1n) is 7.58. The van der Waals surface area contributed by atoms with Crippen LogP contribution in [0.15, 0.2) is 24.3 Å². The number of nitrogens with one attached hydrogen (secondary N) is 1. The van der Waals surface area contributed by atoms with Crippen LogP contribution in [-0.2, 0) is 13.1 Å². The van der Waals surface area contributed by atoms with Gasteiger partial charge in [0.2, 0.25) is 0 Å². The zero-order valence-corrected chi connectivity index (χ0v) is 13.4. The minimum absolute atomic E-state index is 0.345. The number of fused-ring (bicyclic) bond motifs is 1. The van der Waals surface area contributed by atoms with E-state index in [1.54, 1.807) is 0 Å². The number of hydrogen-bond donors (Lipinski definition) is 1. The highest BCUT2D eigenvalue weighted by Crippen LogP contribution is 2.24. The van der Waals surface area contributed by atoms with Crippen molar-refractivity contribution in [1.82, 2.24) is 15.1 Å². The topological polar surface area (TPSA) is 29.9 Å². The predicted octanol–water partition coefficient (Wildman–Crippen LogP) is 3.83. The van der Waals surface area contributed by atoms with Gasteiger partial charge >= 0.3 is 0 Å². The number of para-hydroxylation sites is 1. The summed E-state index contributed by atoms with van der Waals surface area (Å²) in [6, 6.07) is 8.48. The van der Waals surface area contributed by atoms with Crippen LogP contribution in [0.4, 0.5) is 0 Å². The predicted molar refractivity (Wildman–Crippen MR) is 85.7 cm³/mol. The Kier molecular flexibility index (Phi) is 4.48. The Bertz CT molecular complexity index is 563. The molecule has 0 radical (unpaired) electrons. The molecule has 1 aromatic heterocycles. The fourth-order valence-electron chi connectivity index (χ4n) is 2.28. The molecule has 0 bridgehead atoms. The van der Waals surface area contributed by atoms with Crippen LogP contribution in [0.5, 0.6) is 0 Å². The van der Waals surface area contributed by atoms with Gasteiger partial charge in [0.1, 0.15) is 0 Å². The van der Waals surface area contributed by atoms with Crippen molar-refractivity contribution >= 4 is 10.9 Å². The molecule has 1 atom stereocenters. The third kappa shape index (κ3) is 3.21. The van der Waals surface area contributed by atoms with Gasteiger partial charge in [0.05, 0.1) is 11.2 Å². The Morgan fingerprint density at radius 1 is 1.25 bits per heavy atom. The Balaban J connectivity index is 2.07. The number of hydrogen-bond acceptors (Lipinski definition) is 2. The summed E-state index contributed by atoms with van der Waals surface area (Å²) in [5.41, 5.74) is 2.73. The molecular weight excluding hydrogens is 246 g/mol. The van der Waals surface area contributed by atoms with E-state index in [0.29, 0.717) is 11.3 Å². The zero-order valence-electron chi connectivity index (χ0n) is 13.4. The molecular formula is C17H27N3. The average Bonchev–Trinajstić information content (AvgIpc) is 2.76. The van der Waals surface area contributed by atoms with Crippen LogP contribution in [0.1, 0.15) is 40.3 Å². The van der Waals surface area contributed by atoms with Crippen LogP contribution >= 0.6 is 0 Å². The monoisotopic (exact) mass is 273 g/mol. The van der Waals surface area contributed by atoms with E-state index in [1.807, 2.05) is 0 Å². The number of aryl methyl sites for hydroxylation is 1. The van der Waals surface area contributed by atoms with E-state index in [9.17, 15) is 0 Å². The molecule has 1 unspecified atom stereocenters. The maximum absolute atomic E-state index is 4.72. The van der Waals surface area contributed by atoms with Gasteiger partial charge in [0, 0.05) is 18.5 Å². The number of benzene rings is 1. The summed E-state index contributed by atoms with van der Waals surface area (Å²) in [5.74, 6) is 0.641. The molecule has 1 N–H and O–H groups in total. The van der Waals surface area contributed by atoms with Crippen LogP contribution in [0, 0.1) is 11.3 Å². The molecule has 0 aliphatic carbocycles. The minimum Gasteiger partial charge on any atom is -0.311 e. The number of aromatic nitrogens is 2. The van der Waals surface area contributed by atoms with Crippen LogP contribution in [0.3, 0.4) is 0 Å². The molecule has 0 aliphatic heterocycles. The van der Waals surface area contributed by atoms with Crippen LogP contribution < -0.4 is 5.32 Å². The largest absolute Gasteiger partial charge is 0.311 e. The van der Waals surface area contributed by atoms with Gasteiger partial charge in [0.15, 0.2) is 0 Å². The standard InChI is InChI=1S/C17H27N3/c1-6-20-16-10-8-7-9-14(16)15(19-20)12-18-11-13(2)17(3,4)5/h7-10,13,18H,6,11-12H2,1-5H3. The Hall–Kier alpha value is -1.35. The van der Waals surface area contributed by atoms with E-state index in [-0.39, 0.29) is 0 Å². The maximum Gasteiger partial charge on any atom is 0.0841 e. The zero-order chi connectivity index (χ0) is 14.8. The molecule has 20 heavy (non-hydrogen) atoms. The summed E-state index contributed by atoms with van der Waals surface area (Å²) >= 11 is 0. The summed E-state index contributed by atoms with van der Waals surface area (Å²) in [6.07, 6.45) is 0. The quantitative estimate of drug-likeness (QED) is 0.897. The van der Waals surface area contributed by atoms with Gasteiger partial charge in [-0.15, -0.1) is 0 Å². The summed E-state index contributed by atoms with van der Waals surface area (Å²) < 4.78 is 2.08. The SMILES string of the molecule is CCn1nc(CNCC(C)C(C)(C)C)c2ccccc21. The van der Waals surface area contributed by atoms with Gasteiger partial charge in [-0.1, -0.05) is 45.9 Å². The third-order valence-corrected chi connectivity index (χ3v) is 4.26. The number of rotatable bonds is 5. The van der Waals surface area contributed by atoms with Crippen molar-refractivity contribution in [1.29, 1.82) is 0 Å². The van der Waals surface area contributed by atoms with Crippen LogP contribution in [0.25, 0.3) is 10.9 Å². The van der Waals surface area contributed by atoms with Gasteiger partial charge in [0.25, 0.3) is 0 Å². The Morgan fingerprint density at radius 3 is 2.60 bits per heavy atom. The second kappa shape index (κ2) is 5.96. The normalized spacial score (nSPS) is 13.8. The van der Waals surface area contributed by atoms with Crippen LogP contribution in [-0.4, -0.2) is 16.3 Å². The van der Waals surface area contributed by atoms with Crippen molar-refractivity contribution in [2.45, 2.75) is 47.7 Å². The summed E-state index contributed by atoms with van der Waals surface area (Å²) in [5, 5.41) is 9.55. The first-order chi connectivity index (χ1) is 9.43. The molecule has 0 amide bonds. The van der Waals surface area contributed by atoms with Gasteiger partial charge in [-0.05, 0) is 30.9 Å².